The van der Waals surface area contributed by atoms with Gasteiger partial charge in [-0.25, -0.2) is 8.42 Å². The Kier molecular flexibility index (Phi) is 5.98. The van der Waals surface area contributed by atoms with Crippen molar-refractivity contribution in [2.45, 2.75) is 31.2 Å². The van der Waals surface area contributed by atoms with Gasteiger partial charge in [0.1, 0.15) is 10.9 Å². The van der Waals surface area contributed by atoms with Crippen molar-refractivity contribution in [2.75, 3.05) is 7.11 Å². The second-order valence-electron chi connectivity index (χ2n) is 4.44. The van der Waals surface area contributed by atoms with E-state index in [-0.39, 0.29) is 15.8 Å². The summed E-state index contributed by atoms with van der Waals surface area (Å²) in [6.45, 7) is 3.64. The maximum Gasteiger partial charge on any atom is 0.324 e. The van der Waals surface area contributed by atoms with Crippen LogP contribution in [0.1, 0.15) is 20.3 Å². The first kappa shape index (κ1) is 16.9. The van der Waals surface area contributed by atoms with Gasteiger partial charge in [0.05, 0.1) is 12.1 Å². The molecule has 0 unspecified atom stereocenters. The molecule has 0 amide bonds. The highest BCUT2D eigenvalue weighted by atomic mass is 35.5. The van der Waals surface area contributed by atoms with Gasteiger partial charge in [0.15, 0.2) is 0 Å². The van der Waals surface area contributed by atoms with Crippen LogP contribution < -0.4 is 4.72 Å². The molecular weight excluding hydrogens is 302 g/mol. The number of benzene rings is 1. The minimum atomic E-state index is -3.88. The molecule has 0 aliphatic heterocycles. The van der Waals surface area contributed by atoms with Crippen LogP contribution in [0.3, 0.4) is 0 Å². The number of carbonyl (C=O) groups excluding carboxylic acids is 1. The third kappa shape index (κ3) is 3.94. The molecule has 0 spiro atoms. The number of esters is 1. The van der Waals surface area contributed by atoms with Gasteiger partial charge in [-0.2, -0.15) is 4.72 Å². The molecule has 0 saturated heterocycles. The lowest BCUT2D eigenvalue weighted by atomic mass is 10.0. The number of sulfonamides is 1. The van der Waals surface area contributed by atoms with Crippen molar-refractivity contribution in [1.29, 1.82) is 0 Å². The third-order valence-electron chi connectivity index (χ3n) is 3.08. The van der Waals surface area contributed by atoms with E-state index in [0.29, 0.717) is 6.42 Å². The summed E-state index contributed by atoms with van der Waals surface area (Å²) in [4.78, 5) is 11.7. The lowest BCUT2D eigenvalue weighted by Gasteiger charge is -2.22. The molecule has 2 atom stereocenters. The second-order valence-corrected chi connectivity index (χ2v) is 6.53. The molecule has 0 aliphatic rings. The molecule has 0 aliphatic carbocycles. The Bertz CT molecular complexity index is 573. The Labute approximate surface area is 124 Å². The predicted octanol–water partition coefficient (Wildman–Crippen LogP) is 2.21. The first-order valence-electron chi connectivity index (χ1n) is 6.18. The molecule has 0 saturated carbocycles. The molecule has 112 valence electrons. The molecule has 20 heavy (non-hydrogen) atoms. The van der Waals surface area contributed by atoms with Crippen molar-refractivity contribution in [2.24, 2.45) is 5.92 Å². The number of carbonyl (C=O) groups is 1. The number of hydrogen-bond acceptors (Lipinski definition) is 4. The minimum absolute atomic E-state index is 0.0566. The van der Waals surface area contributed by atoms with Crippen LogP contribution in [-0.2, 0) is 19.6 Å². The monoisotopic (exact) mass is 319 g/mol. The van der Waals surface area contributed by atoms with Gasteiger partial charge in [0, 0.05) is 0 Å². The fraction of sp³-hybridized carbons (Fsp3) is 0.462. The average molecular weight is 320 g/mol. The van der Waals surface area contributed by atoms with Crippen molar-refractivity contribution in [1.82, 2.24) is 4.72 Å². The zero-order chi connectivity index (χ0) is 15.3. The van der Waals surface area contributed by atoms with E-state index in [1.165, 1.54) is 19.2 Å². The fourth-order valence-electron chi connectivity index (χ4n) is 1.65. The highest BCUT2D eigenvalue weighted by Crippen LogP contribution is 2.22. The van der Waals surface area contributed by atoms with Gasteiger partial charge in [-0.1, -0.05) is 44.0 Å². The molecule has 1 aromatic carbocycles. The Balaban J connectivity index is 3.10. The van der Waals surface area contributed by atoms with E-state index in [4.69, 9.17) is 11.6 Å². The SMILES string of the molecule is CC[C@@H](C)[C@H](NS(=O)(=O)c1ccccc1Cl)C(=O)OC. The van der Waals surface area contributed by atoms with Crippen molar-refractivity contribution < 1.29 is 17.9 Å². The van der Waals surface area contributed by atoms with E-state index in [2.05, 4.69) is 9.46 Å². The van der Waals surface area contributed by atoms with Crippen LogP contribution in [-0.4, -0.2) is 27.5 Å². The van der Waals surface area contributed by atoms with Gasteiger partial charge in [-0.15, -0.1) is 0 Å². The van der Waals surface area contributed by atoms with E-state index in [0.717, 1.165) is 0 Å². The summed E-state index contributed by atoms with van der Waals surface area (Å²) in [6.07, 6.45) is 0.630. The summed E-state index contributed by atoms with van der Waals surface area (Å²) in [5.74, 6) is -0.810. The smallest absolute Gasteiger partial charge is 0.324 e. The van der Waals surface area contributed by atoms with Crippen LogP contribution in [0.4, 0.5) is 0 Å². The summed E-state index contributed by atoms with van der Waals surface area (Å²) < 4.78 is 31.6. The lowest BCUT2D eigenvalue weighted by Crippen LogP contribution is -2.45. The predicted molar refractivity (Wildman–Crippen MR) is 77.0 cm³/mol. The number of halogens is 1. The van der Waals surface area contributed by atoms with Gasteiger partial charge in [0.2, 0.25) is 10.0 Å². The van der Waals surface area contributed by atoms with E-state index in [1.807, 2.05) is 6.92 Å². The standard InChI is InChI=1S/C13H18ClNO4S/c1-4-9(2)12(13(16)19-3)15-20(17,18)11-8-6-5-7-10(11)14/h5-9,12,15H,4H2,1-3H3/t9-,12+/m1/s1. The molecule has 7 heteroatoms. The van der Waals surface area contributed by atoms with Crippen molar-refractivity contribution in [3.8, 4) is 0 Å². The highest BCUT2D eigenvalue weighted by molar-refractivity contribution is 7.89. The largest absolute Gasteiger partial charge is 0.468 e. The van der Waals surface area contributed by atoms with Crippen LogP contribution in [0.5, 0.6) is 0 Å². The molecule has 0 heterocycles. The summed E-state index contributed by atoms with van der Waals surface area (Å²) in [5, 5.41) is 0.104. The minimum Gasteiger partial charge on any atom is -0.468 e. The van der Waals surface area contributed by atoms with E-state index in [9.17, 15) is 13.2 Å². The van der Waals surface area contributed by atoms with Crippen LogP contribution in [0.25, 0.3) is 0 Å². The third-order valence-corrected chi connectivity index (χ3v) is 5.02. The van der Waals surface area contributed by atoms with Gasteiger partial charge < -0.3 is 4.74 Å². The van der Waals surface area contributed by atoms with Gasteiger partial charge in [-0.05, 0) is 18.1 Å². The Morgan fingerprint density at radius 1 is 1.40 bits per heavy atom. The fourth-order valence-corrected chi connectivity index (χ4v) is 3.47. The van der Waals surface area contributed by atoms with Crippen LogP contribution in [0.2, 0.25) is 5.02 Å². The quantitative estimate of drug-likeness (QED) is 0.816. The summed E-state index contributed by atoms with van der Waals surface area (Å²) in [5.41, 5.74) is 0. The molecule has 0 bridgehead atoms. The van der Waals surface area contributed by atoms with E-state index < -0.39 is 22.0 Å². The highest BCUT2D eigenvalue weighted by Gasteiger charge is 2.31. The number of rotatable bonds is 6. The van der Waals surface area contributed by atoms with Crippen LogP contribution >= 0.6 is 11.6 Å². The number of methoxy groups -OCH3 is 1. The van der Waals surface area contributed by atoms with Gasteiger partial charge in [-0.3, -0.25) is 4.79 Å². The average Bonchev–Trinajstić information content (AvgIpc) is 2.43. The molecular formula is C13H18ClNO4S. The molecule has 1 aromatic rings. The van der Waals surface area contributed by atoms with Crippen molar-refractivity contribution in [3.63, 3.8) is 0 Å². The molecule has 5 nitrogen and oxygen atoms in total. The maximum absolute atomic E-state index is 12.3. The Morgan fingerprint density at radius 2 is 2.00 bits per heavy atom. The molecule has 1 N–H and O–H groups in total. The second kappa shape index (κ2) is 7.06. The zero-order valence-electron chi connectivity index (χ0n) is 11.6. The molecule has 0 fully saturated rings. The first-order chi connectivity index (χ1) is 9.33. The maximum atomic E-state index is 12.3. The Morgan fingerprint density at radius 3 is 2.50 bits per heavy atom. The van der Waals surface area contributed by atoms with E-state index in [1.54, 1.807) is 19.1 Å². The summed E-state index contributed by atoms with van der Waals surface area (Å²) >= 11 is 5.88. The van der Waals surface area contributed by atoms with E-state index >= 15 is 0 Å². The lowest BCUT2D eigenvalue weighted by molar-refractivity contribution is -0.143. The van der Waals surface area contributed by atoms with Gasteiger partial charge >= 0.3 is 5.97 Å². The zero-order valence-corrected chi connectivity index (χ0v) is 13.2. The summed E-state index contributed by atoms with van der Waals surface area (Å²) in [7, 11) is -2.66. The van der Waals surface area contributed by atoms with Gasteiger partial charge in [0.25, 0.3) is 0 Å². The number of hydrogen-bond donors (Lipinski definition) is 1. The number of ether oxygens (including phenoxy) is 1. The van der Waals surface area contributed by atoms with Crippen LogP contribution in [0.15, 0.2) is 29.2 Å². The summed E-state index contributed by atoms with van der Waals surface area (Å²) in [6, 6.07) is 5.12. The van der Waals surface area contributed by atoms with Crippen molar-refractivity contribution in [3.05, 3.63) is 29.3 Å². The topological polar surface area (TPSA) is 72.5 Å². The molecule has 0 aromatic heterocycles. The van der Waals surface area contributed by atoms with Crippen LogP contribution in [0, 0.1) is 5.92 Å². The number of nitrogens with one attached hydrogen (secondary N) is 1. The van der Waals surface area contributed by atoms with Crippen molar-refractivity contribution >= 4 is 27.6 Å². The molecule has 1 rings (SSSR count). The normalized spacial score (nSPS) is 14.6. The molecule has 0 radical (unpaired) electrons. The first-order valence-corrected chi connectivity index (χ1v) is 8.04. The Hall–Kier alpha value is -1.11.